The van der Waals surface area contributed by atoms with Crippen LogP contribution in [0.5, 0.6) is 5.75 Å². The number of carbonyl (C=O) groups excluding carboxylic acids is 1. The van der Waals surface area contributed by atoms with Gasteiger partial charge in [-0.15, -0.1) is 0 Å². The Balaban J connectivity index is 2.16. The van der Waals surface area contributed by atoms with Crippen LogP contribution in [0.25, 0.3) is 0 Å². The van der Waals surface area contributed by atoms with Gasteiger partial charge in [0.2, 0.25) is 0 Å². The molecule has 0 radical (unpaired) electrons. The zero-order chi connectivity index (χ0) is 14.4. The molecule has 0 atom stereocenters. The maximum atomic E-state index is 12.2. The Morgan fingerprint density at radius 3 is 2.65 bits per heavy atom. The molecular weight excluding hydrogens is 256 g/mol. The van der Waals surface area contributed by atoms with Crippen LogP contribution in [-0.2, 0) is 17.9 Å². The fourth-order valence-electron chi connectivity index (χ4n) is 1.82. The Bertz CT molecular complexity index is 563. The van der Waals surface area contributed by atoms with Gasteiger partial charge >= 0.3 is 5.97 Å². The molecule has 0 unspecified atom stereocenters. The van der Waals surface area contributed by atoms with Crippen molar-refractivity contribution in [2.45, 2.75) is 13.2 Å². The van der Waals surface area contributed by atoms with Crippen LogP contribution in [0.4, 0.5) is 0 Å². The van der Waals surface area contributed by atoms with Gasteiger partial charge < -0.3 is 15.2 Å². The first-order valence-electron chi connectivity index (χ1n) is 6.19. The lowest BCUT2D eigenvalue weighted by atomic mass is 10.1. The van der Waals surface area contributed by atoms with Gasteiger partial charge in [0.05, 0.1) is 12.8 Å². The van der Waals surface area contributed by atoms with E-state index in [1.54, 1.807) is 12.3 Å². The van der Waals surface area contributed by atoms with E-state index in [9.17, 15) is 4.79 Å². The molecule has 1 heterocycles. The number of aromatic nitrogens is 1. The molecule has 5 nitrogen and oxygen atoms in total. The summed E-state index contributed by atoms with van der Waals surface area (Å²) in [5.74, 6) is -0.0715. The lowest BCUT2D eigenvalue weighted by Gasteiger charge is -2.11. The summed E-state index contributed by atoms with van der Waals surface area (Å²) < 4.78 is 10.4. The van der Waals surface area contributed by atoms with Gasteiger partial charge in [-0.25, -0.2) is 4.79 Å². The van der Waals surface area contributed by atoms with Crippen LogP contribution in [-0.4, -0.2) is 18.1 Å². The summed E-state index contributed by atoms with van der Waals surface area (Å²) >= 11 is 0. The number of esters is 1. The predicted molar refractivity (Wildman–Crippen MR) is 74.2 cm³/mol. The van der Waals surface area contributed by atoms with Crippen LogP contribution >= 0.6 is 0 Å². The second-order valence-corrected chi connectivity index (χ2v) is 4.10. The molecule has 2 rings (SSSR count). The Morgan fingerprint density at radius 1 is 1.25 bits per heavy atom. The van der Waals surface area contributed by atoms with Gasteiger partial charge in [-0.3, -0.25) is 4.98 Å². The molecule has 1 aromatic carbocycles. The zero-order valence-corrected chi connectivity index (χ0v) is 11.2. The van der Waals surface area contributed by atoms with E-state index in [-0.39, 0.29) is 18.7 Å². The van der Waals surface area contributed by atoms with Crippen LogP contribution in [0.15, 0.2) is 42.6 Å². The van der Waals surface area contributed by atoms with Crippen LogP contribution in [0.2, 0.25) is 0 Å². The minimum absolute atomic E-state index is 0.146. The summed E-state index contributed by atoms with van der Waals surface area (Å²) in [5, 5.41) is 0. The highest BCUT2D eigenvalue weighted by atomic mass is 16.5. The average Bonchev–Trinajstić information content (AvgIpc) is 2.52. The maximum absolute atomic E-state index is 12.2. The van der Waals surface area contributed by atoms with Crippen molar-refractivity contribution >= 4 is 5.97 Å². The molecule has 0 spiro atoms. The smallest absolute Gasteiger partial charge is 0.344 e. The molecule has 0 amide bonds. The number of ether oxygens (including phenoxy) is 2. The van der Waals surface area contributed by atoms with Crippen molar-refractivity contribution < 1.29 is 14.3 Å². The van der Waals surface area contributed by atoms with Crippen molar-refractivity contribution in [2.24, 2.45) is 5.73 Å². The average molecular weight is 272 g/mol. The van der Waals surface area contributed by atoms with E-state index in [0.29, 0.717) is 11.4 Å². The van der Waals surface area contributed by atoms with Crippen LogP contribution in [0.1, 0.15) is 21.6 Å². The highest BCUT2D eigenvalue weighted by Crippen LogP contribution is 2.21. The van der Waals surface area contributed by atoms with E-state index in [4.69, 9.17) is 15.2 Å². The number of methoxy groups -OCH3 is 1. The number of rotatable bonds is 5. The normalized spacial score (nSPS) is 10.1. The van der Waals surface area contributed by atoms with Crippen LogP contribution in [0, 0.1) is 0 Å². The van der Waals surface area contributed by atoms with Gasteiger partial charge in [0.15, 0.2) is 0 Å². The van der Waals surface area contributed by atoms with Gasteiger partial charge in [0, 0.05) is 12.7 Å². The second-order valence-electron chi connectivity index (χ2n) is 4.10. The molecule has 0 saturated carbocycles. The van der Waals surface area contributed by atoms with Crippen molar-refractivity contribution in [2.75, 3.05) is 7.11 Å². The van der Waals surface area contributed by atoms with Crippen molar-refractivity contribution in [3.8, 4) is 5.75 Å². The molecular formula is C15H16N2O3. The van der Waals surface area contributed by atoms with Crippen molar-refractivity contribution in [3.63, 3.8) is 0 Å². The van der Waals surface area contributed by atoms with Crippen LogP contribution in [0.3, 0.4) is 0 Å². The summed E-state index contributed by atoms with van der Waals surface area (Å²) in [6.07, 6.45) is 1.55. The van der Waals surface area contributed by atoms with E-state index in [1.807, 2.05) is 30.3 Å². The Labute approximate surface area is 117 Å². The summed E-state index contributed by atoms with van der Waals surface area (Å²) in [7, 11) is 1.49. The molecule has 20 heavy (non-hydrogen) atoms. The molecule has 0 aliphatic rings. The molecule has 2 N–H and O–H groups in total. The Kier molecular flexibility index (Phi) is 4.68. The molecule has 104 valence electrons. The lowest BCUT2D eigenvalue weighted by molar-refractivity contribution is 0.0467. The summed E-state index contributed by atoms with van der Waals surface area (Å²) in [4.78, 5) is 16.3. The van der Waals surface area contributed by atoms with E-state index in [2.05, 4.69) is 4.98 Å². The second kappa shape index (κ2) is 6.68. The van der Waals surface area contributed by atoms with E-state index in [0.717, 1.165) is 5.56 Å². The van der Waals surface area contributed by atoms with Gasteiger partial charge in [-0.1, -0.05) is 30.3 Å². The van der Waals surface area contributed by atoms with Gasteiger partial charge in [0.1, 0.15) is 17.9 Å². The van der Waals surface area contributed by atoms with E-state index in [1.165, 1.54) is 7.11 Å². The lowest BCUT2D eigenvalue weighted by Crippen LogP contribution is -2.14. The molecule has 1 aromatic heterocycles. The third-order valence-corrected chi connectivity index (χ3v) is 2.82. The monoisotopic (exact) mass is 272 g/mol. The third-order valence-electron chi connectivity index (χ3n) is 2.82. The molecule has 0 saturated heterocycles. The molecule has 0 bridgehead atoms. The number of hydrogen-bond donors (Lipinski definition) is 1. The van der Waals surface area contributed by atoms with E-state index >= 15 is 0 Å². The molecule has 5 heteroatoms. The summed E-state index contributed by atoms with van der Waals surface area (Å²) in [6, 6.07) is 11.1. The number of hydrogen-bond acceptors (Lipinski definition) is 5. The molecule has 0 aliphatic heterocycles. The van der Waals surface area contributed by atoms with Gasteiger partial charge in [-0.05, 0) is 11.6 Å². The summed E-state index contributed by atoms with van der Waals surface area (Å²) in [5.41, 5.74) is 7.25. The largest absolute Gasteiger partial charge is 0.496 e. The van der Waals surface area contributed by atoms with Gasteiger partial charge in [-0.2, -0.15) is 0 Å². The Morgan fingerprint density at radius 2 is 2.00 bits per heavy atom. The molecule has 0 aliphatic carbocycles. The topological polar surface area (TPSA) is 74.4 Å². The fourth-order valence-corrected chi connectivity index (χ4v) is 1.82. The Hall–Kier alpha value is -2.40. The van der Waals surface area contributed by atoms with Crippen molar-refractivity contribution in [3.05, 3.63) is 59.4 Å². The highest BCUT2D eigenvalue weighted by Gasteiger charge is 2.19. The summed E-state index contributed by atoms with van der Waals surface area (Å²) in [6.45, 7) is 0.342. The number of nitrogens with two attached hydrogens (primary N) is 1. The minimum Gasteiger partial charge on any atom is -0.496 e. The van der Waals surface area contributed by atoms with Crippen LogP contribution < -0.4 is 10.5 Å². The first-order valence-corrected chi connectivity index (χ1v) is 6.19. The number of benzene rings is 1. The quantitative estimate of drug-likeness (QED) is 0.841. The minimum atomic E-state index is -0.487. The predicted octanol–water partition coefficient (Wildman–Crippen LogP) is 1.91. The zero-order valence-electron chi connectivity index (χ0n) is 11.2. The molecule has 0 fully saturated rings. The number of carbonyl (C=O) groups is 1. The van der Waals surface area contributed by atoms with Gasteiger partial charge in [0.25, 0.3) is 0 Å². The molecule has 2 aromatic rings. The van der Waals surface area contributed by atoms with E-state index < -0.39 is 5.97 Å². The first-order chi connectivity index (χ1) is 9.76. The number of nitrogens with zero attached hydrogens (tertiary/aromatic N) is 1. The SMILES string of the molecule is COc1ccnc(CN)c1C(=O)OCc1ccccc1. The fraction of sp³-hybridized carbons (Fsp3) is 0.200. The highest BCUT2D eigenvalue weighted by molar-refractivity contribution is 5.93. The maximum Gasteiger partial charge on any atom is 0.344 e. The first kappa shape index (κ1) is 14.0. The third kappa shape index (κ3) is 3.13. The van der Waals surface area contributed by atoms with Crippen molar-refractivity contribution in [1.82, 2.24) is 4.98 Å². The number of pyridine rings is 1. The van der Waals surface area contributed by atoms with Crippen molar-refractivity contribution in [1.29, 1.82) is 0 Å². The standard InChI is InChI=1S/C15H16N2O3/c1-19-13-7-8-17-12(9-16)14(13)15(18)20-10-11-5-3-2-4-6-11/h2-8H,9-10,16H2,1H3.